The van der Waals surface area contributed by atoms with E-state index in [2.05, 4.69) is 5.32 Å². The van der Waals surface area contributed by atoms with Gasteiger partial charge in [0.1, 0.15) is 6.04 Å². The van der Waals surface area contributed by atoms with E-state index in [4.69, 9.17) is 0 Å². The number of nitrogens with zero attached hydrogens (tertiary/aromatic N) is 1. The topological polar surface area (TPSA) is 86.7 Å². The van der Waals surface area contributed by atoms with E-state index in [-0.39, 0.29) is 6.04 Å². The van der Waals surface area contributed by atoms with Gasteiger partial charge in [0.05, 0.1) is 4.90 Å². The molecule has 0 saturated carbocycles. The summed E-state index contributed by atoms with van der Waals surface area (Å²) in [5.41, 5.74) is 1.97. The number of nitrogens with one attached hydrogen (secondary N) is 1. The fraction of sp³-hybridized carbons (Fsp3) is 0.381. The summed E-state index contributed by atoms with van der Waals surface area (Å²) >= 11 is 0. The molecule has 1 unspecified atom stereocenters. The van der Waals surface area contributed by atoms with Gasteiger partial charge in [-0.3, -0.25) is 4.79 Å². The summed E-state index contributed by atoms with van der Waals surface area (Å²) < 4.78 is 27.1. The fourth-order valence-electron chi connectivity index (χ4n) is 3.47. The van der Waals surface area contributed by atoms with Crippen LogP contribution in [0, 0.1) is 6.92 Å². The quantitative estimate of drug-likeness (QED) is 0.743. The molecular formula is C21H26N2O4S. The van der Waals surface area contributed by atoms with E-state index in [0.29, 0.717) is 37.2 Å². The second-order valence-electron chi connectivity index (χ2n) is 7.24. The van der Waals surface area contributed by atoms with Crippen molar-refractivity contribution < 1.29 is 18.3 Å². The van der Waals surface area contributed by atoms with Gasteiger partial charge in [-0.25, -0.2) is 8.42 Å². The molecule has 1 saturated heterocycles. The van der Waals surface area contributed by atoms with Crippen LogP contribution in [-0.4, -0.2) is 49.0 Å². The third kappa shape index (κ3) is 4.98. The van der Waals surface area contributed by atoms with Crippen molar-refractivity contribution in [3.63, 3.8) is 0 Å². The van der Waals surface area contributed by atoms with Gasteiger partial charge in [-0.05, 0) is 43.9 Å². The maximum absolute atomic E-state index is 12.8. The van der Waals surface area contributed by atoms with Crippen molar-refractivity contribution >= 4 is 16.0 Å². The smallest absolute Gasteiger partial charge is 0.321 e. The van der Waals surface area contributed by atoms with Gasteiger partial charge in [0.2, 0.25) is 10.0 Å². The Labute approximate surface area is 166 Å². The van der Waals surface area contributed by atoms with E-state index in [1.807, 2.05) is 37.3 Å². The highest BCUT2D eigenvalue weighted by Gasteiger charge is 2.31. The van der Waals surface area contributed by atoms with Crippen molar-refractivity contribution in [3.8, 4) is 0 Å². The van der Waals surface area contributed by atoms with Crippen molar-refractivity contribution in [2.24, 2.45) is 0 Å². The number of benzene rings is 2. The number of carboxylic acids is 1. The van der Waals surface area contributed by atoms with Crippen LogP contribution in [0.15, 0.2) is 59.5 Å². The summed E-state index contributed by atoms with van der Waals surface area (Å²) in [6, 6.07) is 15.7. The third-order valence-electron chi connectivity index (χ3n) is 5.13. The lowest BCUT2D eigenvalue weighted by atomic mass is 10.0. The molecule has 0 aliphatic carbocycles. The van der Waals surface area contributed by atoms with Gasteiger partial charge in [0.15, 0.2) is 0 Å². The minimum atomic E-state index is -3.51. The Morgan fingerprint density at radius 3 is 2.29 bits per heavy atom. The monoisotopic (exact) mass is 402 g/mol. The second kappa shape index (κ2) is 8.86. The highest BCUT2D eigenvalue weighted by molar-refractivity contribution is 7.89. The van der Waals surface area contributed by atoms with Crippen LogP contribution in [0.2, 0.25) is 0 Å². The number of carboxylic acid groups (broad SMARTS) is 1. The summed E-state index contributed by atoms with van der Waals surface area (Å²) in [5, 5.41) is 12.8. The molecule has 0 aromatic heterocycles. The molecule has 1 aliphatic rings. The first-order valence-electron chi connectivity index (χ1n) is 9.46. The number of rotatable bonds is 7. The minimum absolute atomic E-state index is 0.0192. The zero-order valence-corrected chi connectivity index (χ0v) is 16.7. The largest absolute Gasteiger partial charge is 0.480 e. The zero-order chi connectivity index (χ0) is 20.1. The van der Waals surface area contributed by atoms with Crippen molar-refractivity contribution in [1.29, 1.82) is 0 Å². The molecule has 6 nitrogen and oxygen atoms in total. The fourth-order valence-corrected chi connectivity index (χ4v) is 4.94. The Bertz CT molecular complexity index is 890. The molecule has 7 heteroatoms. The number of sulfonamides is 1. The van der Waals surface area contributed by atoms with Crippen LogP contribution in [0.1, 0.15) is 24.0 Å². The Morgan fingerprint density at radius 2 is 1.71 bits per heavy atom. The molecule has 1 atom stereocenters. The van der Waals surface area contributed by atoms with Gasteiger partial charge < -0.3 is 10.4 Å². The standard InChI is InChI=1S/C21H26N2O4S/c1-16-7-9-19(10-8-16)28(26,27)23-13-11-18(12-14-23)22-20(21(24)25)15-17-5-3-2-4-6-17/h2-10,18,20,22H,11-15H2,1H3,(H,24,25). The third-order valence-corrected chi connectivity index (χ3v) is 7.04. The molecular weight excluding hydrogens is 376 g/mol. The van der Waals surface area contributed by atoms with Gasteiger partial charge in [-0.2, -0.15) is 4.31 Å². The second-order valence-corrected chi connectivity index (χ2v) is 9.18. The van der Waals surface area contributed by atoms with E-state index in [9.17, 15) is 18.3 Å². The van der Waals surface area contributed by atoms with Crippen LogP contribution < -0.4 is 5.32 Å². The molecule has 2 N–H and O–H groups in total. The molecule has 1 aliphatic heterocycles. The van der Waals surface area contributed by atoms with Crippen LogP contribution in [0.5, 0.6) is 0 Å². The van der Waals surface area contributed by atoms with Crippen molar-refractivity contribution in [2.75, 3.05) is 13.1 Å². The van der Waals surface area contributed by atoms with E-state index in [1.165, 1.54) is 4.31 Å². The van der Waals surface area contributed by atoms with E-state index in [0.717, 1.165) is 11.1 Å². The number of aryl methyl sites for hydroxylation is 1. The van der Waals surface area contributed by atoms with Gasteiger partial charge in [0.25, 0.3) is 0 Å². The highest BCUT2D eigenvalue weighted by Crippen LogP contribution is 2.21. The van der Waals surface area contributed by atoms with Gasteiger partial charge in [0, 0.05) is 19.1 Å². The molecule has 150 valence electrons. The van der Waals surface area contributed by atoms with Gasteiger partial charge in [-0.1, -0.05) is 48.0 Å². The molecule has 1 heterocycles. The van der Waals surface area contributed by atoms with Crippen LogP contribution in [0.4, 0.5) is 0 Å². The van der Waals surface area contributed by atoms with Crippen molar-refractivity contribution in [3.05, 3.63) is 65.7 Å². The lowest BCUT2D eigenvalue weighted by molar-refractivity contribution is -0.139. The predicted octanol–water partition coefficient (Wildman–Crippen LogP) is 2.43. The number of aliphatic carboxylic acids is 1. The van der Waals surface area contributed by atoms with Crippen molar-refractivity contribution in [1.82, 2.24) is 9.62 Å². The Morgan fingerprint density at radius 1 is 1.11 bits per heavy atom. The van der Waals surface area contributed by atoms with Crippen molar-refractivity contribution in [2.45, 2.75) is 43.2 Å². The zero-order valence-electron chi connectivity index (χ0n) is 15.9. The summed E-state index contributed by atoms with van der Waals surface area (Å²) in [4.78, 5) is 11.9. The highest BCUT2D eigenvalue weighted by atomic mass is 32.2. The van der Waals surface area contributed by atoms with Crippen LogP contribution in [0.3, 0.4) is 0 Å². The average molecular weight is 403 g/mol. The number of carbonyl (C=O) groups is 1. The van der Waals surface area contributed by atoms with Crippen LogP contribution >= 0.6 is 0 Å². The van der Waals surface area contributed by atoms with E-state index >= 15 is 0 Å². The molecule has 28 heavy (non-hydrogen) atoms. The predicted molar refractivity (Wildman–Crippen MR) is 108 cm³/mol. The lowest BCUT2D eigenvalue weighted by Crippen LogP contribution is -2.50. The molecule has 0 amide bonds. The SMILES string of the molecule is Cc1ccc(S(=O)(=O)N2CCC(NC(Cc3ccccc3)C(=O)O)CC2)cc1. The maximum Gasteiger partial charge on any atom is 0.321 e. The average Bonchev–Trinajstić information content (AvgIpc) is 2.69. The van der Waals surface area contributed by atoms with E-state index < -0.39 is 22.0 Å². The first kappa shape index (κ1) is 20.5. The molecule has 2 aromatic carbocycles. The molecule has 0 radical (unpaired) electrons. The summed E-state index contributed by atoms with van der Waals surface area (Å²) in [5.74, 6) is -0.890. The first-order chi connectivity index (χ1) is 13.4. The Balaban J connectivity index is 1.59. The molecule has 0 bridgehead atoms. The lowest BCUT2D eigenvalue weighted by Gasteiger charge is -2.33. The first-order valence-corrected chi connectivity index (χ1v) is 10.9. The molecule has 0 spiro atoms. The summed E-state index contributed by atoms with van der Waals surface area (Å²) in [6.45, 7) is 2.68. The van der Waals surface area contributed by atoms with Crippen LogP contribution in [-0.2, 0) is 21.2 Å². The minimum Gasteiger partial charge on any atom is -0.480 e. The maximum atomic E-state index is 12.8. The normalized spacial score (nSPS) is 17.3. The Hall–Kier alpha value is -2.22. The molecule has 3 rings (SSSR count). The summed E-state index contributed by atoms with van der Waals surface area (Å²) in [7, 11) is -3.51. The van der Waals surface area contributed by atoms with Crippen LogP contribution in [0.25, 0.3) is 0 Å². The van der Waals surface area contributed by atoms with Gasteiger partial charge >= 0.3 is 5.97 Å². The molecule has 2 aromatic rings. The van der Waals surface area contributed by atoms with E-state index in [1.54, 1.807) is 24.3 Å². The number of piperidine rings is 1. The number of hydrogen-bond acceptors (Lipinski definition) is 4. The Kier molecular flexibility index (Phi) is 6.49. The summed E-state index contributed by atoms with van der Waals surface area (Å²) in [6.07, 6.45) is 1.57. The molecule has 1 fully saturated rings. The number of hydrogen-bond donors (Lipinski definition) is 2. The van der Waals surface area contributed by atoms with Gasteiger partial charge in [-0.15, -0.1) is 0 Å².